The molecule has 0 atom stereocenters. The number of hydrogen-bond donors (Lipinski definition) is 0. The fourth-order valence-corrected chi connectivity index (χ4v) is 1.23. The predicted molar refractivity (Wildman–Crippen MR) is 57.7 cm³/mol. The van der Waals surface area contributed by atoms with Crippen LogP contribution in [-0.2, 0) is 9.53 Å². The van der Waals surface area contributed by atoms with Gasteiger partial charge < -0.3 is 4.74 Å². The van der Waals surface area contributed by atoms with E-state index in [0.29, 0.717) is 6.61 Å². The second-order valence-electron chi connectivity index (χ2n) is 2.45. The zero-order valence-electron chi connectivity index (χ0n) is 7.71. The highest BCUT2D eigenvalue weighted by Gasteiger charge is 1.95. The zero-order valence-corrected chi connectivity index (χ0v) is 9.30. The lowest BCUT2D eigenvalue weighted by atomic mass is 10.2. The molecule has 0 spiro atoms. The lowest BCUT2D eigenvalue weighted by Gasteiger charge is -1.93. The van der Waals surface area contributed by atoms with E-state index in [0.717, 1.165) is 10.0 Å². The molecule has 0 aromatic heterocycles. The quantitative estimate of drug-likeness (QED) is 0.567. The van der Waals surface area contributed by atoms with Crippen LogP contribution in [0.25, 0.3) is 0 Å². The van der Waals surface area contributed by atoms with Crippen LogP contribution in [-0.4, -0.2) is 12.6 Å². The van der Waals surface area contributed by atoms with Crippen molar-refractivity contribution in [3.05, 3.63) is 34.3 Å². The summed E-state index contributed by atoms with van der Waals surface area (Å²) >= 11 is 3.33. The fraction of sp³-hybridized carbons (Fsp3) is 0.182. The van der Waals surface area contributed by atoms with Gasteiger partial charge in [-0.05, 0) is 35.0 Å². The summed E-state index contributed by atoms with van der Waals surface area (Å²) in [6, 6.07) is 7.45. The molecule has 2 nitrogen and oxygen atoms in total. The second kappa shape index (κ2) is 5.46. The normalized spacial score (nSPS) is 8.71. The predicted octanol–water partition coefficient (Wildman–Crippen LogP) is 2.36. The Labute approximate surface area is 91.4 Å². The summed E-state index contributed by atoms with van der Waals surface area (Å²) in [4.78, 5) is 10.9. The number of hydrogen-bond acceptors (Lipinski definition) is 2. The van der Waals surface area contributed by atoms with Gasteiger partial charge in [-0.1, -0.05) is 18.1 Å². The molecule has 1 rings (SSSR count). The van der Waals surface area contributed by atoms with Crippen molar-refractivity contribution in [2.45, 2.75) is 6.92 Å². The van der Waals surface area contributed by atoms with Crippen LogP contribution in [0.2, 0.25) is 0 Å². The molecular weight excluding hydrogens is 244 g/mol. The molecule has 72 valence electrons. The molecule has 14 heavy (non-hydrogen) atoms. The SMILES string of the molecule is CCOC(=O)C#Cc1ccccc1Br. The van der Waals surface area contributed by atoms with Crippen LogP contribution in [0.1, 0.15) is 12.5 Å². The highest BCUT2D eigenvalue weighted by atomic mass is 79.9. The van der Waals surface area contributed by atoms with E-state index >= 15 is 0 Å². The van der Waals surface area contributed by atoms with Crippen molar-refractivity contribution in [2.24, 2.45) is 0 Å². The zero-order chi connectivity index (χ0) is 10.4. The Morgan fingerprint density at radius 3 is 2.86 bits per heavy atom. The number of ether oxygens (including phenoxy) is 1. The molecule has 0 amide bonds. The summed E-state index contributed by atoms with van der Waals surface area (Å²) in [5.41, 5.74) is 0.778. The first-order valence-corrected chi connectivity index (χ1v) is 4.96. The van der Waals surface area contributed by atoms with Gasteiger partial charge in [0.15, 0.2) is 0 Å². The third-order valence-corrected chi connectivity index (χ3v) is 2.14. The fourth-order valence-electron chi connectivity index (χ4n) is 0.848. The molecule has 0 aliphatic heterocycles. The Kier molecular flexibility index (Phi) is 4.21. The summed E-state index contributed by atoms with van der Waals surface area (Å²) in [5.74, 6) is 4.63. The van der Waals surface area contributed by atoms with Gasteiger partial charge in [0.1, 0.15) is 0 Å². The van der Waals surface area contributed by atoms with E-state index in [1.807, 2.05) is 24.3 Å². The molecule has 0 radical (unpaired) electrons. The summed E-state index contributed by atoms with van der Waals surface area (Å²) in [7, 11) is 0. The molecule has 0 bridgehead atoms. The van der Waals surface area contributed by atoms with E-state index in [1.165, 1.54) is 0 Å². The minimum Gasteiger partial charge on any atom is -0.456 e. The Hall–Kier alpha value is -1.27. The summed E-state index contributed by atoms with van der Waals surface area (Å²) < 4.78 is 5.55. The van der Waals surface area contributed by atoms with Crippen molar-refractivity contribution in [3.63, 3.8) is 0 Å². The first-order chi connectivity index (χ1) is 6.74. The van der Waals surface area contributed by atoms with Crippen LogP contribution in [0.15, 0.2) is 28.7 Å². The molecule has 0 fully saturated rings. The first kappa shape index (κ1) is 10.8. The maximum Gasteiger partial charge on any atom is 0.384 e. The molecule has 0 aliphatic rings. The van der Waals surface area contributed by atoms with Gasteiger partial charge in [-0.3, -0.25) is 0 Å². The molecule has 0 aliphatic carbocycles. The van der Waals surface area contributed by atoms with Gasteiger partial charge in [0.25, 0.3) is 0 Å². The largest absolute Gasteiger partial charge is 0.456 e. The van der Waals surface area contributed by atoms with E-state index < -0.39 is 5.97 Å². The van der Waals surface area contributed by atoms with Crippen LogP contribution in [0.3, 0.4) is 0 Å². The Balaban J connectivity index is 2.77. The average Bonchev–Trinajstić information content (AvgIpc) is 2.17. The smallest absolute Gasteiger partial charge is 0.384 e. The van der Waals surface area contributed by atoms with Crippen molar-refractivity contribution >= 4 is 21.9 Å². The molecule has 0 heterocycles. The Morgan fingerprint density at radius 1 is 1.50 bits per heavy atom. The summed E-state index contributed by atoms with van der Waals surface area (Å²) in [5, 5.41) is 0. The molecule has 3 heteroatoms. The molecule has 1 aromatic rings. The van der Waals surface area contributed by atoms with E-state index in [2.05, 4.69) is 32.5 Å². The van der Waals surface area contributed by atoms with Crippen molar-refractivity contribution in [2.75, 3.05) is 6.61 Å². The van der Waals surface area contributed by atoms with Gasteiger partial charge in [0.05, 0.1) is 6.61 Å². The molecule has 0 saturated heterocycles. The molecule has 0 N–H and O–H groups in total. The van der Waals surface area contributed by atoms with Crippen LogP contribution in [0, 0.1) is 11.8 Å². The topological polar surface area (TPSA) is 26.3 Å². The molecular formula is C11H9BrO2. The number of halogens is 1. The van der Waals surface area contributed by atoms with Crippen molar-refractivity contribution in [3.8, 4) is 11.8 Å². The van der Waals surface area contributed by atoms with Crippen LogP contribution in [0.5, 0.6) is 0 Å². The molecule has 1 aromatic carbocycles. The number of carbonyl (C=O) groups is 1. The maximum absolute atomic E-state index is 10.9. The van der Waals surface area contributed by atoms with Crippen LogP contribution in [0.4, 0.5) is 0 Å². The van der Waals surface area contributed by atoms with Crippen molar-refractivity contribution in [1.82, 2.24) is 0 Å². The number of rotatable bonds is 1. The summed E-state index contributed by atoms with van der Waals surface area (Å²) in [6.45, 7) is 2.10. The Bertz CT molecular complexity index is 388. The van der Waals surface area contributed by atoms with Gasteiger partial charge in [0, 0.05) is 16.0 Å². The van der Waals surface area contributed by atoms with Gasteiger partial charge in [-0.25, -0.2) is 4.79 Å². The first-order valence-electron chi connectivity index (χ1n) is 4.17. The van der Waals surface area contributed by atoms with Gasteiger partial charge in [0.2, 0.25) is 0 Å². The van der Waals surface area contributed by atoms with Gasteiger partial charge in [-0.2, -0.15) is 0 Å². The third kappa shape index (κ3) is 3.23. The monoisotopic (exact) mass is 252 g/mol. The lowest BCUT2D eigenvalue weighted by molar-refractivity contribution is -0.136. The van der Waals surface area contributed by atoms with Crippen LogP contribution >= 0.6 is 15.9 Å². The van der Waals surface area contributed by atoms with Crippen molar-refractivity contribution in [1.29, 1.82) is 0 Å². The highest BCUT2D eigenvalue weighted by molar-refractivity contribution is 9.10. The summed E-state index contributed by atoms with van der Waals surface area (Å²) in [6.07, 6.45) is 0. The van der Waals surface area contributed by atoms with Gasteiger partial charge >= 0.3 is 5.97 Å². The number of benzene rings is 1. The van der Waals surface area contributed by atoms with E-state index in [4.69, 9.17) is 0 Å². The van der Waals surface area contributed by atoms with Gasteiger partial charge in [-0.15, -0.1) is 0 Å². The third-order valence-electron chi connectivity index (χ3n) is 1.45. The minimum atomic E-state index is -0.497. The minimum absolute atomic E-state index is 0.351. The van der Waals surface area contributed by atoms with Crippen LogP contribution < -0.4 is 0 Å². The van der Waals surface area contributed by atoms with E-state index in [-0.39, 0.29) is 0 Å². The highest BCUT2D eigenvalue weighted by Crippen LogP contribution is 2.13. The standard InChI is InChI=1S/C11H9BrO2/c1-2-14-11(13)8-7-9-5-3-4-6-10(9)12/h3-6H,2H2,1H3. The molecule has 0 saturated carbocycles. The maximum atomic E-state index is 10.9. The van der Waals surface area contributed by atoms with E-state index in [9.17, 15) is 4.79 Å². The lowest BCUT2D eigenvalue weighted by Crippen LogP contribution is -1.99. The molecule has 0 unspecified atom stereocenters. The van der Waals surface area contributed by atoms with E-state index in [1.54, 1.807) is 6.92 Å². The van der Waals surface area contributed by atoms with Crippen molar-refractivity contribution < 1.29 is 9.53 Å². The Morgan fingerprint density at radius 2 is 2.21 bits per heavy atom. The number of carbonyl (C=O) groups excluding carboxylic acids is 1. The average molecular weight is 253 g/mol. The second-order valence-corrected chi connectivity index (χ2v) is 3.30. The number of esters is 1.